The van der Waals surface area contributed by atoms with E-state index in [2.05, 4.69) is 6.58 Å². The van der Waals surface area contributed by atoms with Crippen molar-refractivity contribution in [2.45, 2.75) is 32.1 Å². The number of aliphatic hydroxyl groups excluding tert-OH is 1. The maximum absolute atomic E-state index is 11.4. The number of Topliss-reactive ketones (excluding diaryl/α,β-unsaturated/α-hetero) is 1. The highest BCUT2D eigenvalue weighted by molar-refractivity contribution is 6.10. The Morgan fingerprint density at radius 1 is 1.31 bits per heavy atom. The van der Waals surface area contributed by atoms with E-state index in [0.29, 0.717) is 5.57 Å². The number of hydrogen-bond donors (Lipinski definition) is 1. The third-order valence-corrected chi connectivity index (χ3v) is 3.09. The molecule has 2 aliphatic carbocycles. The fourth-order valence-electron chi connectivity index (χ4n) is 2.31. The van der Waals surface area contributed by atoms with Gasteiger partial charge in [0, 0.05) is 11.5 Å². The summed E-state index contributed by atoms with van der Waals surface area (Å²) in [5, 5.41) is 9.56. The molecule has 0 radical (unpaired) electrons. The molecule has 1 atom stereocenters. The highest BCUT2D eigenvalue weighted by Crippen LogP contribution is 2.40. The first kappa shape index (κ1) is 8.54. The zero-order valence-electron chi connectivity index (χ0n) is 7.68. The first-order chi connectivity index (χ1) is 6.22. The van der Waals surface area contributed by atoms with Crippen LogP contribution in [-0.2, 0) is 4.79 Å². The Labute approximate surface area is 78.0 Å². The van der Waals surface area contributed by atoms with Crippen LogP contribution in [0.4, 0.5) is 0 Å². The lowest BCUT2D eigenvalue weighted by Gasteiger charge is -2.09. The summed E-state index contributed by atoms with van der Waals surface area (Å²) in [6, 6.07) is 0. The third kappa shape index (κ3) is 1.21. The van der Waals surface area contributed by atoms with Crippen LogP contribution in [0.15, 0.2) is 23.5 Å². The van der Waals surface area contributed by atoms with Crippen LogP contribution < -0.4 is 0 Å². The lowest BCUT2D eigenvalue weighted by atomic mass is 9.93. The molecule has 2 rings (SSSR count). The minimum Gasteiger partial charge on any atom is -0.504 e. The van der Waals surface area contributed by atoms with Gasteiger partial charge in [0.25, 0.3) is 0 Å². The summed E-state index contributed by atoms with van der Waals surface area (Å²) in [7, 11) is 0. The van der Waals surface area contributed by atoms with Crippen LogP contribution >= 0.6 is 0 Å². The molecule has 1 unspecified atom stereocenters. The highest BCUT2D eigenvalue weighted by Gasteiger charge is 2.35. The van der Waals surface area contributed by atoms with Gasteiger partial charge in [0.2, 0.25) is 5.78 Å². The monoisotopic (exact) mass is 178 g/mol. The van der Waals surface area contributed by atoms with Gasteiger partial charge >= 0.3 is 0 Å². The van der Waals surface area contributed by atoms with Gasteiger partial charge in [-0.05, 0) is 24.8 Å². The van der Waals surface area contributed by atoms with E-state index in [-0.39, 0.29) is 17.5 Å². The predicted octanol–water partition coefficient (Wildman–Crippen LogP) is 2.52. The molecule has 2 aliphatic rings. The van der Waals surface area contributed by atoms with Crippen LogP contribution in [0.2, 0.25) is 0 Å². The van der Waals surface area contributed by atoms with Gasteiger partial charge in [0.05, 0.1) is 0 Å². The second-order valence-electron chi connectivity index (χ2n) is 3.88. The smallest absolute Gasteiger partial charge is 0.223 e. The zero-order chi connectivity index (χ0) is 9.42. The van der Waals surface area contributed by atoms with Gasteiger partial charge in [-0.3, -0.25) is 4.79 Å². The van der Waals surface area contributed by atoms with Crippen molar-refractivity contribution in [3.63, 3.8) is 0 Å². The van der Waals surface area contributed by atoms with Crippen LogP contribution in [0, 0.1) is 5.92 Å². The normalized spacial score (nSPS) is 29.1. The fraction of sp³-hybridized carbons (Fsp3) is 0.545. The van der Waals surface area contributed by atoms with Gasteiger partial charge < -0.3 is 5.11 Å². The van der Waals surface area contributed by atoms with E-state index < -0.39 is 0 Å². The molecule has 0 aromatic carbocycles. The Kier molecular flexibility index (Phi) is 1.98. The second kappa shape index (κ2) is 3.02. The van der Waals surface area contributed by atoms with Crippen LogP contribution in [0.5, 0.6) is 0 Å². The first-order valence-electron chi connectivity index (χ1n) is 4.87. The molecule has 0 spiro atoms. The average molecular weight is 178 g/mol. The molecule has 0 aromatic rings. The lowest BCUT2D eigenvalue weighted by Crippen LogP contribution is -2.03. The maximum atomic E-state index is 11.4. The Morgan fingerprint density at radius 3 is 2.85 bits per heavy atom. The Balaban J connectivity index is 2.36. The van der Waals surface area contributed by atoms with E-state index >= 15 is 0 Å². The number of carbonyl (C=O) groups excluding carboxylic acids is 1. The SMILES string of the molecule is C=C1C(=O)C(O)=C2CCCCCC12. The van der Waals surface area contributed by atoms with Crippen molar-refractivity contribution in [3.05, 3.63) is 23.5 Å². The van der Waals surface area contributed by atoms with E-state index in [4.69, 9.17) is 0 Å². The van der Waals surface area contributed by atoms with Crippen molar-refractivity contribution in [2.24, 2.45) is 5.92 Å². The summed E-state index contributed by atoms with van der Waals surface area (Å²) < 4.78 is 0. The molecular formula is C11H14O2. The molecule has 0 amide bonds. The largest absolute Gasteiger partial charge is 0.504 e. The number of ketones is 1. The summed E-state index contributed by atoms with van der Waals surface area (Å²) in [4.78, 5) is 11.4. The Morgan fingerprint density at radius 2 is 2.08 bits per heavy atom. The van der Waals surface area contributed by atoms with Gasteiger partial charge in [-0.2, -0.15) is 0 Å². The molecule has 1 saturated carbocycles. The summed E-state index contributed by atoms with van der Waals surface area (Å²) in [6.45, 7) is 3.76. The minimum absolute atomic E-state index is 0.00287. The molecule has 0 aliphatic heterocycles. The molecule has 1 fully saturated rings. The van der Waals surface area contributed by atoms with Crippen LogP contribution in [0.25, 0.3) is 0 Å². The summed E-state index contributed by atoms with van der Waals surface area (Å²) in [6.07, 6.45) is 5.31. The number of aliphatic hydroxyl groups is 1. The molecule has 0 heterocycles. The van der Waals surface area contributed by atoms with E-state index in [0.717, 1.165) is 31.3 Å². The summed E-state index contributed by atoms with van der Waals surface area (Å²) >= 11 is 0. The van der Waals surface area contributed by atoms with Gasteiger partial charge in [-0.15, -0.1) is 0 Å². The first-order valence-corrected chi connectivity index (χ1v) is 4.87. The molecule has 2 nitrogen and oxygen atoms in total. The average Bonchev–Trinajstić information content (AvgIpc) is 2.40. The summed E-state index contributed by atoms with van der Waals surface area (Å²) in [5.74, 6) is -0.0613. The van der Waals surface area contributed by atoms with E-state index in [1.807, 2.05) is 0 Å². The van der Waals surface area contributed by atoms with Crippen molar-refractivity contribution in [1.82, 2.24) is 0 Å². The number of fused-ring (bicyclic) bond motifs is 1. The van der Waals surface area contributed by atoms with Crippen molar-refractivity contribution in [1.29, 1.82) is 0 Å². The molecule has 0 saturated heterocycles. The van der Waals surface area contributed by atoms with E-state index in [1.165, 1.54) is 6.42 Å². The van der Waals surface area contributed by atoms with Crippen LogP contribution in [0.1, 0.15) is 32.1 Å². The van der Waals surface area contributed by atoms with Crippen LogP contribution in [0.3, 0.4) is 0 Å². The van der Waals surface area contributed by atoms with Gasteiger partial charge in [0.1, 0.15) is 0 Å². The van der Waals surface area contributed by atoms with Crippen molar-refractivity contribution < 1.29 is 9.90 Å². The minimum atomic E-state index is -0.220. The van der Waals surface area contributed by atoms with E-state index in [1.54, 1.807) is 0 Å². The van der Waals surface area contributed by atoms with Gasteiger partial charge in [-0.1, -0.05) is 19.4 Å². The predicted molar refractivity (Wildman–Crippen MR) is 50.4 cm³/mol. The molecule has 0 bridgehead atoms. The number of hydrogen-bond acceptors (Lipinski definition) is 2. The Hall–Kier alpha value is -1.05. The van der Waals surface area contributed by atoms with Gasteiger partial charge in [0.15, 0.2) is 5.76 Å². The zero-order valence-corrected chi connectivity index (χ0v) is 7.68. The van der Waals surface area contributed by atoms with Crippen molar-refractivity contribution in [2.75, 3.05) is 0 Å². The molecule has 2 heteroatoms. The molecule has 13 heavy (non-hydrogen) atoms. The maximum Gasteiger partial charge on any atom is 0.223 e. The van der Waals surface area contributed by atoms with Crippen molar-refractivity contribution >= 4 is 5.78 Å². The highest BCUT2D eigenvalue weighted by atomic mass is 16.3. The van der Waals surface area contributed by atoms with E-state index in [9.17, 15) is 9.90 Å². The fourth-order valence-corrected chi connectivity index (χ4v) is 2.31. The Bertz CT molecular complexity index is 299. The number of rotatable bonds is 0. The lowest BCUT2D eigenvalue weighted by molar-refractivity contribution is -0.114. The standard InChI is InChI=1S/C11H14O2/c1-7-8-5-3-2-4-6-9(8)11(13)10(7)12/h8,13H,1-6H2. The molecule has 70 valence electrons. The second-order valence-corrected chi connectivity index (χ2v) is 3.88. The quantitative estimate of drug-likeness (QED) is 0.579. The van der Waals surface area contributed by atoms with Crippen molar-refractivity contribution in [3.8, 4) is 0 Å². The molecular weight excluding hydrogens is 164 g/mol. The molecule has 0 aromatic heterocycles. The number of allylic oxidation sites excluding steroid dienone is 2. The van der Waals surface area contributed by atoms with Gasteiger partial charge in [-0.25, -0.2) is 0 Å². The third-order valence-electron chi connectivity index (χ3n) is 3.09. The topological polar surface area (TPSA) is 37.3 Å². The number of carbonyl (C=O) groups is 1. The van der Waals surface area contributed by atoms with Crippen LogP contribution in [-0.4, -0.2) is 10.9 Å². The summed E-state index contributed by atoms with van der Waals surface area (Å²) in [5.41, 5.74) is 1.56. The molecule has 1 N–H and O–H groups in total.